The van der Waals surface area contributed by atoms with Crippen molar-refractivity contribution in [1.82, 2.24) is 29.5 Å². The smallest absolute Gasteiger partial charge is 0.275 e. The van der Waals surface area contributed by atoms with Crippen LogP contribution in [0.5, 0.6) is 0 Å². The van der Waals surface area contributed by atoms with E-state index >= 15 is 0 Å². The van der Waals surface area contributed by atoms with Crippen molar-refractivity contribution in [2.24, 2.45) is 7.05 Å². The summed E-state index contributed by atoms with van der Waals surface area (Å²) in [6.07, 6.45) is 4.72. The fraction of sp³-hybridized carbons (Fsp3) is 0.150. The number of hydrogen-bond donors (Lipinski definition) is 3. The fourth-order valence-electron chi connectivity index (χ4n) is 3.02. The number of aromatic nitrogens is 5. The second-order valence-electron chi connectivity index (χ2n) is 6.50. The van der Waals surface area contributed by atoms with Crippen LogP contribution in [0, 0.1) is 0 Å². The Balaban J connectivity index is 1.58. The highest BCUT2D eigenvalue weighted by Gasteiger charge is 2.22. The molecule has 4 aromatic rings. The number of imidazole rings is 1. The molecule has 0 saturated carbocycles. The lowest BCUT2D eigenvalue weighted by Crippen LogP contribution is -2.29. The first-order valence-corrected chi connectivity index (χ1v) is 9.19. The van der Waals surface area contributed by atoms with Gasteiger partial charge in [0.05, 0.1) is 24.1 Å². The summed E-state index contributed by atoms with van der Waals surface area (Å²) in [6, 6.07) is 11.4. The van der Waals surface area contributed by atoms with Crippen molar-refractivity contribution in [3.8, 4) is 11.3 Å². The number of fused-ring (bicyclic) bond motifs is 1. The summed E-state index contributed by atoms with van der Waals surface area (Å²) in [5.41, 5.74) is 2.57. The van der Waals surface area contributed by atoms with Gasteiger partial charge in [-0.05, 0) is 0 Å². The van der Waals surface area contributed by atoms with E-state index in [2.05, 4.69) is 25.7 Å². The lowest BCUT2D eigenvalue weighted by Gasteiger charge is -2.08. The highest BCUT2D eigenvalue weighted by atomic mass is 16.3. The van der Waals surface area contributed by atoms with Crippen LogP contribution in [0.25, 0.3) is 16.9 Å². The first-order valence-electron chi connectivity index (χ1n) is 9.19. The average molecular weight is 405 g/mol. The van der Waals surface area contributed by atoms with E-state index in [-0.39, 0.29) is 24.4 Å². The van der Waals surface area contributed by atoms with E-state index in [9.17, 15) is 9.59 Å². The standard InChI is InChI=1S/C20H19N7O3/c1-26-18(14(10-23-26)19(29)21-7-8-28)20(30)25-16-9-17-24-15(11-27(17)12-22-16)13-5-3-2-4-6-13/h2-6,9-12,28H,7-8H2,1H3,(H,21,29)(H,25,30). The molecule has 0 aliphatic heterocycles. The van der Waals surface area contributed by atoms with E-state index in [1.54, 1.807) is 23.8 Å². The summed E-state index contributed by atoms with van der Waals surface area (Å²) in [5.74, 6) is -0.733. The molecule has 3 aromatic heterocycles. The number of amides is 2. The van der Waals surface area contributed by atoms with E-state index in [1.807, 2.05) is 36.5 Å². The summed E-state index contributed by atoms with van der Waals surface area (Å²) in [4.78, 5) is 33.8. The molecule has 0 bridgehead atoms. The van der Waals surface area contributed by atoms with Gasteiger partial charge < -0.3 is 15.7 Å². The van der Waals surface area contributed by atoms with Crippen molar-refractivity contribution >= 4 is 23.3 Å². The third-order valence-electron chi connectivity index (χ3n) is 4.45. The second-order valence-corrected chi connectivity index (χ2v) is 6.50. The molecule has 10 heteroatoms. The minimum absolute atomic E-state index is 0.0800. The van der Waals surface area contributed by atoms with Crippen LogP contribution in [0.15, 0.2) is 55.1 Å². The SMILES string of the molecule is Cn1ncc(C(=O)NCCO)c1C(=O)Nc1cc2nc(-c3ccccc3)cn2cn1. The second kappa shape index (κ2) is 8.13. The van der Waals surface area contributed by atoms with Gasteiger partial charge in [0.2, 0.25) is 0 Å². The van der Waals surface area contributed by atoms with Crippen molar-refractivity contribution in [2.45, 2.75) is 0 Å². The highest BCUT2D eigenvalue weighted by molar-refractivity contribution is 6.10. The molecule has 0 unspecified atom stereocenters. The molecule has 0 aliphatic carbocycles. The molecule has 0 radical (unpaired) electrons. The Hall–Kier alpha value is -4.05. The lowest BCUT2D eigenvalue weighted by molar-refractivity contribution is 0.0931. The van der Waals surface area contributed by atoms with Gasteiger partial charge in [-0.15, -0.1) is 0 Å². The molecular formula is C20H19N7O3. The Labute approximate surface area is 171 Å². The summed E-state index contributed by atoms with van der Waals surface area (Å²) in [7, 11) is 1.56. The Morgan fingerprint density at radius 3 is 2.73 bits per heavy atom. The molecular weight excluding hydrogens is 386 g/mol. The maximum Gasteiger partial charge on any atom is 0.275 e. The van der Waals surface area contributed by atoms with E-state index in [1.165, 1.54) is 10.9 Å². The van der Waals surface area contributed by atoms with Gasteiger partial charge in [-0.3, -0.25) is 18.7 Å². The van der Waals surface area contributed by atoms with Gasteiger partial charge in [-0.2, -0.15) is 5.10 Å². The van der Waals surface area contributed by atoms with Crippen molar-refractivity contribution in [1.29, 1.82) is 0 Å². The van der Waals surface area contributed by atoms with E-state index < -0.39 is 11.8 Å². The number of hydrogen-bond acceptors (Lipinski definition) is 6. The predicted octanol–water partition coefficient (Wildman–Crippen LogP) is 1.10. The van der Waals surface area contributed by atoms with Gasteiger partial charge >= 0.3 is 0 Å². The molecule has 1 aromatic carbocycles. The average Bonchev–Trinajstić information content (AvgIpc) is 3.36. The first-order chi connectivity index (χ1) is 14.6. The van der Waals surface area contributed by atoms with Crippen LogP contribution in [0.3, 0.4) is 0 Å². The summed E-state index contributed by atoms with van der Waals surface area (Å²) < 4.78 is 3.07. The van der Waals surface area contributed by atoms with E-state index in [0.717, 1.165) is 11.3 Å². The zero-order valence-corrected chi connectivity index (χ0v) is 16.1. The first kappa shape index (κ1) is 19.3. The van der Waals surface area contributed by atoms with E-state index in [0.29, 0.717) is 11.5 Å². The van der Waals surface area contributed by atoms with Gasteiger partial charge in [0, 0.05) is 31.4 Å². The number of rotatable bonds is 6. The third-order valence-corrected chi connectivity index (χ3v) is 4.45. The molecule has 3 heterocycles. The van der Waals surface area contributed by atoms with E-state index in [4.69, 9.17) is 5.11 Å². The van der Waals surface area contributed by atoms with Crippen LogP contribution >= 0.6 is 0 Å². The zero-order valence-electron chi connectivity index (χ0n) is 16.1. The predicted molar refractivity (Wildman–Crippen MR) is 109 cm³/mol. The van der Waals surface area contributed by atoms with Gasteiger partial charge in [0.1, 0.15) is 23.5 Å². The van der Waals surface area contributed by atoms with Crippen LogP contribution < -0.4 is 10.6 Å². The Morgan fingerprint density at radius 2 is 1.97 bits per heavy atom. The van der Waals surface area contributed by atoms with Gasteiger partial charge in [-0.1, -0.05) is 30.3 Å². The van der Waals surface area contributed by atoms with Crippen molar-refractivity contribution in [3.05, 3.63) is 66.4 Å². The number of aliphatic hydroxyl groups is 1. The van der Waals surface area contributed by atoms with Gasteiger partial charge in [0.25, 0.3) is 11.8 Å². The topological polar surface area (TPSA) is 126 Å². The Morgan fingerprint density at radius 1 is 1.17 bits per heavy atom. The zero-order chi connectivity index (χ0) is 21.1. The third kappa shape index (κ3) is 3.76. The minimum atomic E-state index is -0.532. The molecule has 2 amide bonds. The highest BCUT2D eigenvalue weighted by Crippen LogP contribution is 2.20. The number of aliphatic hydroxyl groups excluding tert-OH is 1. The molecule has 0 atom stereocenters. The number of nitrogens with zero attached hydrogens (tertiary/aromatic N) is 5. The lowest BCUT2D eigenvalue weighted by atomic mass is 10.2. The molecule has 0 spiro atoms. The Kier molecular flexibility index (Phi) is 5.22. The van der Waals surface area contributed by atoms with Crippen LogP contribution in [-0.4, -0.2) is 54.2 Å². The van der Waals surface area contributed by atoms with Crippen molar-refractivity contribution < 1.29 is 14.7 Å². The molecule has 0 fully saturated rings. The fourth-order valence-corrected chi connectivity index (χ4v) is 3.02. The number of benzene rings is 1. The van der Waals surface area contributed by atoms with Gasteiger partial charge in [0.15, 0.2) is 0 Å². The molecule has 4 rings (SSSR count). The summed E-state index contributed by atoms with van der Waals surface area (Å²) in [5, 5.41) is 18.1. The number of carbonyl (C=O) groups is 2. The number of nitrogens with one attached hydrogen (secondary N) is 2. The molecule has 152 valence electrons. The normalized spacial score (nSPS) is 10.9. The molecule has 10 nitrogen and oxygen atoms in total. The maximum atomic E-state index is 12.8. The van der Waals surface area contributed by atoms with Gasteiger partial charge in [-0.25, -0.2) is 9.97 Å². The monoisotopic (exact) mass is 405 g/mol. The quantitative estimate of drug-likeness (QED) is 0.441. The van der Waals surface area contributed by atoms with Crippen molar-refractivity contribution in [3.63, 3.8) is 0 Å². The maximum absolute atomic E-state index is 12.8. The molecule has 30 heavy (non-hydrogen) atoms. The van der Waals surface area contributed by atoms with Crippen LogP contribution in [-0.2, 0) is 7.05 Å². The number of carbonyl (C=O) groups excluding carboxylic acids is 2. The Bertz CT molecular complexity index is 1210. The summed E-state index contributed by atoms with van der Waals surface area (Å²) in [6.45, 7) is -0.122. The van der Waals surface area contributed by atoms with Crippen LogP contribution in [0.2, 0.25) is 0 Å². The van der Waals surface area contributed by atoms with Crippen LogP contribution in [0.4, 0.5) is 5.82 Å². The number of aryl methyl sites for hydroxylation is 1. The summed E-state index contributed by atoms with van der Waals surface area (Å²) >= 11 is 0. The largest absolute Gasteiger partial charge is 0.395 e. The van der Waals surface area contributed by atoms with Crippen LogP contribution in [0.1, 0.15) is 20.8 Å². The number of anilines is 1. The molecule has 3 N–H and O–H groups in total. The van der Waals surface area contributed by atoms with Crippen molar-refractivity contribution in [2.75, 3.05) is 18.5 Å². The molecule has 0 saturated heterocycles. The minimum Gasteiger partial charge on any atom is -0.395 e. The molecule has 0 aliphatic rings.